The van der Waals surface area contributed by atoms with Gasteiger partial charge in [-0.25, -0.2) is 4.99 Å². The van der Waals surface area contributed by atoms with Crippen molar-refractivity contribution in [2.24, 2.45) is 4.99 Å². The number of likely N-dealkylation sites (N-methyl/N-ethyl adjacent to an activating group) is 1. The van der Waals surface area contributed by atoms with Gasteiger partial charge in [0.2, 0.25) is 5.91 Å². The summed E-state index contributed by atoms with van der Waals surface area (Å²) in [5.41, 5.74) is 3.96. The Morgan fingerprint density at radius 1 is 1.07 bits per heavy atom. The molecule has 5 rings (SSSR count). The number of benzene rings is 3. The SMILES string of the molecule is CCNc1ccc(NC(=O)CN(C)C)cc1N=C1S/C(=C2\Sc3ccc(OCCO)cc3N2C)C(=O)N1Cc1ccccc1. The summed E-state index contributed by atoms with van der Waals surface area (Å²) in [6, 6.07) is 21.2. The van der Waals surface area contributed by atoms with Gasteiger partial charge in [-0.3, -0.25) is 14.5 Å². The van der Waals surface area contributed by atoms with E-state index in [4.69, 9.17) is 14.8 Å². The molecule has 2 amide bonds. The predicted molar refractivity (Wildman–Crippen MR) is 180 cm³/mol. The van der Waals surface area contributed by atoms with Crippen LogP contribution >= 0.6 is 23.5 Å². The van der Waals surface area contributed by atoms with Crippen LogP contribution in [0.15, 0.2) is 86.6 Å². The first-order chi connectivity index (χ1) is 21.3. The van der Waals surface area contributed by atoms with E-state index in [1.165, 1.54) is 23.5 Å². The molecule has 10 nitrogen and oxygen atoms in total. The van der Waals surface area contributed by atoms with Gasteiger partial charge in [0.1, 0.15) is 17.3 Å². The van der Waals surface area contributed by atoms with Crippen molar-refractivity contribution in [3.8, 4) is 5.75 Å². The molecule has 0 atom stereocenters. The Labute approximate surface area is 266 Å². The summed E-state index contributed by atoms with van der Waals surface area (Å²) in [5, 5.41) is 16.8. The fourth-order valence-electron chi connectivity index (χ4n) is 4.74. The number of aliphatic imine (C=N–C) groups is 1. The van der Waals surface area contributed by atoms with E-state index in [0.717, 1.165) is 26.9 Å². The Balaban J connectivity index is 1.53. The molecule has 2 heterocycles. The maximum Gasteiger partial charge on any atom is 0.269 e. The summed E-state index contributed by atoms with van der Waals surface area (Å²) in [6.07, 6.45) is 0. The lowest BCUT2D eigenvalue weighted by atomic mass is 10.2. The number of carbonyl (C=O) groups excluding carboxylic acids is 2. The molecule has 230 valence electrons. The molecule has 0 bridgehead atoms. The van der Waals surface area contributed by atoms with Crippen molar-refractivity contribution in [3.05, 3.63) is 82.2 Å². The summed E-state index contributed by atoms with van der Waals surface area (Å²) in [6.45, 7) is 3.45. The number of anilines is 3. The van der Waals surface area contributed by atoms with Crippen molar-refractivity contribution in [1.29, 1.82) is 0 Å². The summed E-state index contributed by atoms with van der Waals surface area (Å²) in [4.78, 5) is 38.7. The molecular formula is C32H36N6O4S2. The van der Waals surface area contributed by atoms with E-state index >= 15 is 0 Å². The molecule has 0 unspecified atom stereocenters. The maximum atomic E-state index is 14.1. The van der Waals surface area contributed by atoms with Crippen LogP contribution in [0.25, 0.3) is 0 Å². The Kier molecular flexibility index (Phi) is 10.2. The highest BCUT2D eigenvalue weighted by molar-refractivity contribution is 8.19. The van der Waals surface area contributed by atoms with E-state index in [9.17, 15) is 9.59 Å². The molecule has 3 aromatic carbocycles. The topological polar surface area (TPSA) is 110 Å². The first-order valence-corrected chi connectivity index (χ1v) is 15.9. The van der Waals surface area contributed by atoms with Gasteiger partial charge in [0.25, 0.3) is 5.91 Å². The number of amidine groups is 1. The average molecular weight is 633 g/mol. The highest BCUT2D eigenvalue weighted by Crippen LogP contribution is 2.51. The van der Waals surface area contributed by atoms with Crippen molar-refractivity contribution in [2.45, 2.75) is 18.4 Å². The van der Waals surface area contributed by atoms with Gasteiger partial charge in [-0.1, -0.05) is 42.1 Å². The van der Waals surface area contributed by atoms with Crippen molar-refractivity contribution in [2.75, 3.05) is 63.0 Å². The Morgan fingerprint density at radius 2 is 1.86 bits per heavy atom. The monoisotopic (exact) mass is 632 g/mol. The van der Waals surface area contributed by atoms with Crippen molar-refractivity contribution in [1.82, 2.24) is 9.80 Å². The number of nitrogens with zero attached hydrogens (tertiary/aromatic N) is 4. The van der Waals surface area contributed by atoms with Crippen LogP contribution in [0, 0.1) is 0 Å². The predicted octanol–water partition coefficient (Wildman–Crippen LogP) is 5.16. The summed E-state index contributed by atoms with van der Waals surface area (Å²) >= 11 is 2.88. The molecule has 44 heavy (non-hydrogen) atoms. The first-order valence-electron chi connectivity index (χ1n) is 14.3. The van der Waals surface area contributed by atoms with Gasteiger partial charge >= 0.3 is 0 Å². The molecule has 3 N–H and O–H groups in total. The highest BCUT2D eigenvalue weighted by atomic mass is 32.2. The fraction of sp³-hybridized carbons (Fsp3) is 0.281. The summed E-state index contributed by atoms with van der Waals surface area (Å²) in [5.74, 6) is 0.402. The molecule has 2 aliphatic heterocycles. The molecule has 0 aliphatic carbocycles. The number of aliphatic hydroxyl groups is 1. The van der Waals surface area contributed by atoms with E-state index in [2.05, 4.69) is 10.6 Å². The van der Waals surface area contributed by atoms with Crippen molar-refractivity contribution < 1.29 is 19.4 Å². The molecule has 1 fully saturated rings. The van der Waals surface area contributed by atoms with E-state index in [1.54, 1.807) is 9.80 Å². The van der Waals surface area contributed by atoms with E-state index in [-0.39, 0.29) is 31.6 Å². The van der Waals surface area contributed by atoms with E-state index in [1.807, 2.05) is 99.7 Å². The molecule has 1 saturated heterocycles. The van der Waals surface area contributed by atoms with Crippen molar-refractivity contribution in [3.63, 3.8) is 0 Å². The number of thioether (sulfide) groups is 2. The number of rotatable bonds is 11. The number of hydrogen-bond donors (Lipinski definition) is 3. The molecule has 0 aromatic heterocycles. The van der Waals surface area contributed by atoms with Crippen LogP contribution < -0.4 is 20.3 Å². The van der Waals surface area contributed by atoms with Gasteiger partial charge in [-0.05, 0) is 68.7 Å². The lowest BCUT2D eigenvalue weighted by Crippen LogP contribution is -2.29. The highest BCUT2D eigenvalue weighted by Gasteiger charge is 2.39. The molecule has 12 heteroatoms. The quantitative estimate of drug-likeness (QED) is 0.247. The lowest BCUT2D eigenvalue weighted by Gasteiger charge is -2.18. The van der Waals surface area contributed by atoms with Crippen LogP contribution in [0.5, 0.6) is 5.75 Å². The second-order valence-electron chi connectivity index (χ2n) is 10.4. The Morgan fingerprint density at radius 3 is 2.59 bits per heavy atom. The third kappa shape index (κ3) is 7.21. The van der Waals surface area contributed by atoms with Crippen LogP contribution in [0.4, 0.5) is 22.7 Å². The molecule has 3 aromatic rings. The maximum absolute atomic E-state index is 14.1. The van der Waals surface area contributed by atoms with Gasteiger partial charge in [0, 0.05) is 30.2 Å². The normalized spacial score (nSPS) is 17.0. The second-order valence-corrected chi connectivity index (χ2v) is 12.4. The van der Waals surface area contributed by atoms with Gasteiger partial charge in [0.05, 0.1) is 41.8 Å². The minimum Gasteiger partial charge on any atom is -0.491 e. The molecule has 2 aliphatic rings. The summed E-state index contributed by atoms with van der Waals surface area (Å²) < 4.78 is 5.62. The largest absolute Gasteiger partial charge is 0.491 e. The molecular weight excluding hydrogens is 597 g/mol. The van der Waals surface area contributed by atoms with Crippen LogP contribution in [0.1, 0.15) is 12.5 Å². The van der Waals surface area contributed by atoms with Gasteiger partial charge in [-0.2, -0.15) is 0 Å². The Hall–Kier alpha value is -3.97. The second kappa shape index (κ2) is 14.2. The summed E-state index contributed by atoms with van der Waals surface area (Å²) in [7, 11) is 5.62. The fourth-order valence-corrected chi connectivity index (χ4v) is 7.05. The zero-order valence-corrected chi connectivity index (χ0v) is 26.8. The van der Waals surface area contributed by atoms with Crippen molar-refractivity contribution >= 4 is 63.3 Å². The number of hydrogen-bond acceptors (Lipinski definition) is 10. The molecule has 0 saturated carbocycles. The van der Waals surface area contributed by atoms with Gasteiger partial charge in [0.15, 0.2) is 5.17 Å². The van der Waals surface area contributed by atoms with Gasteiger partial charge < -0.3 is 30.3 Å². The third-order valence-electron chi connectivity index (χ3n) is 6.73. The third-order valence-corrected chi connectivity index (χ3v) is 9.16. The van der Waals surface area contributed by atoms with E-state index < -0.39 is 0 Å². The molecule has 0 radical (unpaired) electrons. The number of nitrogens with one attached hydrogen (secondary N) is 2. The first kappa shape index (κ1) is 31.5. The number of carbonyl (C=O) groups is 2. The lowest BCUT2D eigenvalue weighted by molar-refractivity contribution is -0.122. The van der Waals surface area contributed by atoms with E-state index in [0.29, 0.717) is 40.3 Å². The number of ether oxygens (including phenoxy) is 1. The van der Waals surface area contributed by atoms with Gasteiger partial charge in [-0.15, -0.1) is 0 Å². The zero-order chi connectivity index (χ0) is 31.2. The number of fused-ring (bicyclic) bond motifs is 1. The van der Waals surface area contributed by atoms with Crippen LogP contribution in [0.2, 0.25) is 0 Å². The average Bonchev–Trinajstić information content (AvgIpc) is 3.48. The zero-order valence-electron chi connectivity index (χ0n) is 25.2. The minimum absolute atomic E-state index is 0.0671. The van der Waals surface area contributed by atoms with Crippen LogP contribution in [-0.2, 0) is 16.1 Å². The standard InChI is InChI=1S/C32H36N6O4S2/c1-5-33-24-13-11-22(34-28(40)20-36(2)3)17-25(24)35-32-38(19-21-9-7-6-8-10-21)30(41)29(44-32)31-37(4)26-18-23(42-16-15-39)12-14-27(26)43-31/h6-14,17-18,33,39H,5,15-16,19-20H2,1-4H3,(H,34,40)/b31-29-,35-32?. The number of aliphatic hydroxyl groups excluding tert-OH is 1. The minimum atomic E-state index is -0.128. The smallest absolute Gasteiger partial charge is 0.269 e. The van der Waals surface area contributed by atoms with Crippen LogP contribution in [0.3, 0.4) is 0 Å². The number of amides is 2. The Bertz CT molecular complexity index is 1590. The molecule has 0 spiro atoms. The van der Waals surface area contributed by atoms with Crippen LogP contribution in [-0.4, -0.2) is 79.3 Å².